The number of hydrogen-bond donors (Lipinski definition) is 2. The summed E-state index contributed by atoms with van der Waals surface area (Å²) in [7, 11) is 0. The number of hydrogen-bond acceptors (Lipinski definition) is 3. The van der Waals surface area contributed by atoms with E-state index in [0.29, 0.717) is 5.92 Å². The average Bonchev–Trinajstić information content (AvgIpc) is 2.54. The molecule has 2 heterocycles. The molecule has 0 aromatic rings. The van der Waals surface area contributed by atoms with Crippen LogP contribution in [0.25, 0.3) is 0 Å². The third kappa shape index (κ3) is 1.08. The Morgan fingerprint density at radius 1 is 1.27 bits per heavy atom. The van der Waals surface area contributed by atoms with Crippen molar-refractivity contribution in [1.29, 1.82) is 0 Å². The smallest absolute Gasteiger partial charge is 0.0711 e. The highest BCUT2D eigenvalue weighted by Gasteiger charge is 2.42. The summed E-state index contributed by atoms with van der Waals surface area (Å²) in [6.45, 7) is 2.31. The van der Waals surface area contributed by atoms with Gasteiger partial charge in [-0.1, -0.05) is 0 Å². The summed E-state index contributed by atoms with van der Waals surface area (Å²) in [5.41, 5.74) is 0. The lowest BCUT2D eigenvalue weighted by Crippen LogP contribution is -2.35. The molecule has 2 N–H and O–H groups in total. The van der Waals surface area contributed by atoms with Crippen LogP contribution in [0.5, 0.6) is 0 Å². The van der Waals surface area contributed by atoms with Crippen LogP contribution >= 0.6 is 0 Å². The number of fused-ring (bicyclic) bond motifs is 1. The highest BCUT2D eigenvalue weighted by Crippen LogP contribution is 2.32. The average molecular weight is 157 g/mol. The normalized spacial score (nSPS) is 44.7. The van der Waals surface area contributed by atoms with E-state index < -0.39 is 0 Å². The van der Waals surface area contributed by atoms with Crippen molar-refractivity contribution in [2.24, 2.45) is 5.92 Å². The van der Waals surface area contributed by atoms with Crippen molar-refractivity contribution in [2.75, 3.05) is 19.7 Å². The van der Waals surface area contributed by atoms with Crippen LogP contribution in [0.3, 0.4) is 0 Å². The molecular formula is C8H15NO2. The highest BCUT2D eigenvalue weighted by molar-refractivity contribution is 4.96. The molecule has 2 rings (SSSR count). The quantitative estimate of drug-likeness (QED) is 0.536. The number of rotatable bonds is 1. The summed E-state index contributed by atoms with van der Waals surface area (Å²) in [6, 6.07) is 0.264. The lowest BCUT2D eigenvalue weighted by Gasteiger charge is -2.21. The van der Waals surface area contributed by atoms with Crippen molar-refractivity contribution in [3.8, 4) is 0 Å². The van der Waals surface area contributed by atoms with Gasteiger partial charge in [-0.15, -0.1) is 0 Å². The van der Waals surface area contributed by atoms with Crippen LogP contribution in [0.2, 0.25) is 0 Å². The standard InChI is InChI=1S/C8H15NO2/c10-5-6-1-3-9-4-2-7(11)8(6)9/h6-8,10-11H,1-5H2/t6-,7-,8+/m0/s1. The zero-order valence-corrected chi connectivity index (χ0v) is 6.61. The molecule has 3 nitrogen and oxygen atoms in total. The number of aliphatic hydroxyl groups excluding tert-OH is 2. The maximum Gasteiger partial charge on any atom is 0.0711 e. The first kappa shape index (κ1) is 7.53. The number of nitrogens with zero attached hydrogens (tertiary/aromatic N) is 1. The molecule has 2 saturated heterocycles. The third-order valence-electron chi connectivity index (χ3n) is 3.03. The summed E-state index contributed by atoms with van der Waals surface area (Å²) < 4.78 is 0. The maximum atomic E-state index is 9.55. The Morgan fingerprint density at radius 3 is 2.73 bits per heavy atom. The van der Waals surface area contributed by atoms with Crippen LogP contribution in [-0.2, 0) is 0 Å². The molecule has 11 heavy (non-hydrogen) atoms. The molecule has 64 valence electrons. The van der Waals surface area contributed by atoms with Crippen molar-refractivity contribution in [1.82, 2.24) is 4.90 Å². The van der Waals surface area contributed by atoms with E-state index >= 15 is 0 Å². The highest BCUT2D eigenvalue weighted by atomic mass is 16.3. The second-order valence-corrected chi connectivity index (χ2v) is 3.61. The predicted molar refractivity (Wildman–Crippen MR) is 41.2 cm³/mol. The molecular weight excluding hydrogens is 142 g/mol. The van der Waals surface area contributed by atoms with Crippen molar-refractivity contribution in [3.63, 3.8) is 0 Å². The lowest BCUT2D eigenvalue weighted by atomic mass is 9.97. The molecule has 0 bridgehead atoms. The Bertz CT molecular complexity index is 151. The molecule has 0 radical (unpaired) electrons. The van der Waals surface area contributed by atoms with Crippen LogP contribution in [0.1, 0.15) is 12.8 Å². The molecule has 0 saturated carbocycles. The Balaban J connectivity index is 2.07. The van der Waals surface area contributed by atoms with Gasteiger partial charge in [0.05, 0.1) is 6.10 Å². The number of aliphatic hydroxyl groups is 2. The van der Waals surface area contributed by atoms with Gasteiger partial charge in [0.25, 0.3) is 0 Å². The largest absolute Gasteiger partial charge is 0.396 e. The molecule has 0 spiro atoms. The molecule has 0 aromatic heterocycles. The fourth-order valence-electron chi connectivity index (χ4n) is 2.44. The minimum absolute atomic E-state index is 0.186. The SMILES string of the molecule is OC[C@@H]1CCN2CC[C@H](O)[C@@H]12. The zero-order chi connectivity index (χ0) is 7.84. The van der Waals surface area contributed by atoms with Crippen LogP contribution in [0.15, 0.2) is 0 Å². The fourth-order valence-corrected chi connectivity index (χ4v) is 2.44. The summed E-state index contributed by atoms with van der Waals surface area (Å²) in [6.07, 6.45) is 1.76. The minimum Gasteiger partial charge on any atom is -0.396 e. The van der Waals surface area contributed by atoms with Gasteiger partial charge in [-0.05, 0) is 19.4 Å². The molecule has 0 amide bonds. The molecule has 2 aliphatic heterocycles. The van der Waals surface area contributed by atoms with Gasteiger partial charge in [0, 0.05) is 25.1 Å². The molecule has 3 heteroatoms. The van der Waals surface area contributed by atoms with Gasteiger partial charge in [-0.2, -0.15) is 0 Å². The third-order valence-corrected chi connectivity index (χ3v) is 3.03. The van der Waals surface area contributed by atoms with E-state index in [1.807, 2.05) is 0 Å². The second kappa shape index (κ2) is 2.73. The molecule has 3 atom stereocenters. The van der Waals surface area contributed by atoms with Gasteiger partial charge in [-0.25, -0.2) is 0 Å². The Kier molecular flexibility index (Phi) is 1.87. The van der Waals surface area contributed by atoms with E-state index in [9.17, 15) is 5.11 Å². The molecule has 2 fully saturated rings. The monoisotopic (exact) mass is 157 g/mol. The maximum absolute atomic E-state index is 9.55. The van der Waals surface area contributed by atoms with Crippen molar-refractivity contribution >= 4 is 0 Å². The minimum atomic E-state index is -0.186. The Morgan fingerprint density at radius 2 is 2.00 bits per heavy atom. The van der Waals surface area contributed by atoms with Gasteiger partial charge in [0.1, 0.15) is 0 Å². The Hall–Kier alpha value is -0.120. The van der Waals surface area contributed by atoms with Crippen LogP contribution in [0.4, 0.5) is 0 Å². The predicted octanol–water partition coefficient (Wildman–Crippen LogP) is -0.566. The first-order valence-electron chi connectivity index (χ1n) is 4.36. The summed E-state index contributed by atoms with van der Waals surface area (Å²) >= 11 is 0. The van der Waals surface area contributed by atoms with E-state index in [-0.39, 0.29) is 18.8 Å². The summed E-state index contributed by atoms with van der Waals surface area (Å²) in [5.74, 6) is 0.326. The van der Waals surface area contributed by atoms with Gasteiger partial charge >= 0.3 is 0 Å². The molecule has 0 unspecified atom stereocenters. The van der Waals surface area contributed by atoms with Gasteiger partial charge in [-0.3, -0.25) is 4.90 Å². The second-order valence-electron chi connectivity index (χ2n) is 3.61. The Labute approximate surface area is 66.6 Å². The lowest BCUT2D eigenvalue weighted by molar-refractivity contribution is 0.0902. The van der Waals surface area contributed by atoms with E-state index in [1.54, 1.807) is 0 Å². The first-order chi connectivity index (χ1) is 5.33. The van der Waals surface area contributed by atoms with Gasteiger partial charge in [0.2, 0.25) is 0 Å². The van der Waals surface area contributed by atoms with E-state index in [1.165, 1.54) is 0 Å². The fraction of sp³-hybridized carbons (Fsp3) is 1.00. The van der Waals surface area contributed by atoms with Crippen LogP contribution in [0, 0.1) is 5.92 Å². The van der Waals surface area contributed by atoms with Crippen molar-refractivity contribution in [3.05, 3.63) is 0 Å². The zero-order valence-electron chi connectivity index (χ0n) is 6.61. The van der Waals surface area contributed by atoms with Crippen LogP contribution in [-0.4, -0.2) is 47.0 Å². The van der Waals surface area contributed by atoms with Crippen molar-refractivity contribution in [2.45, 2.75) is 25.0 Å². The molecule has 0 aliphatic carbocycles. The van der Waals surface area contributed by atoms with E-state index in [2.05, 4.69) is 4.90 Å². The van der Waals surface area contributed by atoms with E-state index in [4.69, 9.17) is 5.11 Å². The first-order valence-corrected chi connectivity index (χ1v) is 4.36. The topological polar surface area (TPSA) is 43.7 Å². The van der Waals surface area contributed by atoms with Gasteiger partial charge < -0.3 is 10.2 Å². The summed E-state index contributed by atoms with van der Waals surface area (Å²) in [4.78, 5) is 2.30. The van der Waals surface area contributed by atoms with Gasteiger partial charge in [0.15, 0.2) is 0 Å². The van der Waals surface area contributed by atoms with Crippen molar-refractivity contribution < 1.29 is 10.2 Å². The van der Waals surface area contributed by atoms with Crippen LogP contribution < -0.4 is 0 Å². The molecule has 0 aromatic carbocycles. The summed E-state index contributed by atoms with van der Waals surface area (Å²) in [5, 5.41) is 18.5. The molecule has 2 aliphatic rings. The van der Waals surface area contributed by atoms with E-state index in [0.717, 1.165) is 25.9 Å².